The molecule has 142 valence electrons. The molecule has 0 radical (unpaired) electrons. The van der Waals surface area contributed by atoms with Crippen LogP contribution < -0.4 is 15.8 Å². The zero-order chi connectivity index (χ0) is 19.6. The zero-order valence-electron chi connectivity index (χ0n) is 14.0. The molecule has 0 aliphatic carbocycles. The molecule has 3 aromatic rings. The van der Waals surface area contributed by atoms with Crippen LogP contribution in [0.15, 0.2) is 24.4 Å². The number of nitrogens with two attached hydrogens (primary N) is 1. The Morgan fingerprint density at radius 1 is 1.37 bits per heavy atom. The van der Waals surface area contributed by atoms with Gasteiger partial charge in [-0.3, -0.25) is 9.48 Å². The van der Waals surface area contributed by atoms with Crippen molar-refractivity contribution in [2.45, 2.75) is 0 Å². The smallest absolute Gasteiger partial charge is 0.276 e. The highest BCUT2D eigenvalue weighted by molar-refractivity contribution is 7.11. The second-order valence-electron chi connectivity index (χ2n) is 5.39. The van der Waals surface area contributed by atoms with Crippen molar-refractivity contribution in [3.63, 3.8) is 0 Å². The van der Waals surface area contributed by atoms with Crippen LogP contribution in [0.3, 0.4) is 0 Å². The summed E-state index contributed by atoms with van der Waals surface area (Å²) >= 11 is 19.1. The number of carbonyl (C=O) groups excluding carboxylic acids is 1. The molecule has 0 saturated carbocycles. The van der Waals surface area contributed by atoms with Gasteiger partial charge in [-0.25, -0.2) is 0 Å². The van der Waals surface area contributed by atoms with E-state index < -0.39 is 5.91 Å². The predicted octanol–water partition coefficient (Wildman–Crippen LogP) is 4.09. The molecule has 0 fully saturated rings. The van der Waals surface area contributed by atoms with E-state index in [1.807, 2.05) is 0 Å². The molecule has 0 bridgehead atoms. The summed E-state index contributed by atoms with van der Waals surface area (Å²) in [4.78, 5) is 12.4. The van der Waals surface area contributed by atoms with E-state index in [2.05, 4.69) is 14.8 Å². The van der Waals surface area contributed by atoms with Crippen LogP contribution in [0.5, 0.6) is 5.75 Å². The van der Waals surface area contributed by atoms with Gasteiger partial charge < -0.3 is 15.8 Å². The maximum atomic E-state index is 12.4. The van der Waals surface area contributed by atoms with Crippen molar-refractivity contribution in [3.05, 3.63) is 44.5 Å². The molecule has 0 atom stereocenters. The third-order valence-corrected chi connectivity index (χ3v) is 5.46. The van der Waals surface area contributed by atoms with E-state index >= 15 is 0 Å². The van der Waals surface area contributed by atoms with Crippen molar-refractivity contribution in [3.8, 4) is 17.0 Å². The number of amides is 1. The van der Waals surface area contributed by atoms with Gasteiger partial charge in [-0.1, -0.05) is 34.8 Å². The lowest BCUT2D eigenvalue weighted by Crippen LogP contribution is -2.14. The van der Waals surface area contributed by atoms with Gasteiger partial charge in [0.15, 0.2) is 5.69 Å². The molecule has 27 heavy (non-hydrogen) atoms. The second-order valence-corrected chi connectivity index (χ2v) is 7.55. The molecule has 1 aromatic carbocycles. The third-order valence-electron chi connectivity index (χ3n) is 3.57. The number of nitrogens with one attached hydrogen (secondary N) is 1. The number of nitrogens with zero attached hydrogens (tertiary/aromatic N) is 3. The van der Waals surface area contributed by atoms with Crippen molar-refractivity contribution in [2.75, 3.05) is 18.5 Å². The van der Waals surface area contributed by atoms with E-state index in [-0.39, 0.29) is 15.1 Å². The first-order valence-corrected chi connectivity index (χ1v) is 9.60. The van der Waals surface area contributed by atoms with Crippen LogP contribution in [-0.2, 0) is 7.05 Å². The summed E-state index contributed by atoms with van der Waals surface area (Å²) < 4.78 is 11.5. The maximum Gasteiger partial charge on any atom is 0.276 e. The normalized spacial score (nSPS) is 10.9. The fraction of sp³-hybridized carbons (Fsp3) is 0.188. The lowest BCUT2D eigenvalue weighted by molar-refractivity contribution is 0.102. The summed E-state index contributed by atoms with van der Waals surface area (Å²) in [5.74, 6) is 0.0968. The van der Waals surface area contributed by atoms with Crippen molar-refractivity contribution < 1.29 is 9.53 Å². The Bertz CT molecular complexity index is 969. The molecular formula is C16H14Cl3N5O2S. The van der Waals surface area contributed by atoms with Crippen molar-refractivity contribution >= 4 is 57.9 Å². The molecule has 0 aliphatic heterocycles. The van der Waals surface area contributed by atoms with E-state index in [1.165, 1.54) is 6.20 Å². The quantitative estimate of drug-likeness (QED) is 0.594. The Morgan fingerprint density at radius 2 is 2.15 bits per heavy atom. The van der Waals surface area contributed by atoms with Crippen LogP contribution in [0.25, 0.3) is 11.3 Å². The summed E-state index contributed by atoms with van der Waals surface area (Å²) in [7, 11) is 1.76. The fourth-order valence-electron chi connectivity index (χ4n) is 2.39. The number of hydrogen-bond donors (Lipinski definition) is 2. The lowest BCUT2D eigenvalue weighted by atomic mass is 10.1. The number of aryl methyl sites for hydroxylation is 1. The van der Waals surface area contributed by atoms with E-state index in [1.54, 1.807) is 29.9 Å². The van der Waals surface area contributed by atoms with Crippen LogP contribution in [-0.4, -0.2) is 33.2 Å². The standard InChI is InChI=1S/C16H14Cl3N5O2S/c1-24-14(10(17)7-21-24)9-6-8(2-3-11(9)26-5-4-20)22-16(25)13-12(18)15(19)27-23-13/h2-3,6-7H,4-5,20H2,1H3,(H,22,25). The number of rotatable bonds is 6. The number of aromatic nitrogens is 3. The van der Waals surface area contributed by atoms with Crippen LogP contribution in [0.1, 0.15) is 10.5 Å². The first-order chi connectivity index (χ1) is 12.9. The van der Waals surface area contributed by atoms with Gasteiger partial charge in [0.05, 0.1) is 16.9 Å². The van der Waals surface area contributed by atoms with Gasteiger partial charge >= 0.3 is 0 Å². The fourth-order valence-corrected chi connectivity index (χ4v) is 3.66. The number of benzene rings is 1. The summed E-state index contributed by atoms with van der Waals surface area (Å²) in [6, 6.07) is 5.15. The molecule has 2 aromatic heterocycles. The van der Waals surface area contributed by atoms with E-state index in [0.29, 0.717) is 40.9 Å². The molecule has 0 unspecified atom stereocenters. The third kappa shape index (κ3) is 4.20. The largest absolute Gasteiger partial charge is 0.492 e. The van der Waals surface area contributed by atoms with Crippen molar-refractivity contribution in [1.29, 1.82) is 0 Å². The monoisotopic (exact) mass is 445 g/mol. The Kier molecular flexibility index (Phi) is 6.23. The van der Waals surface area contributed by atoms with Gasteiger partial charge in [0.25, 0.3) is 5.91 Å². The van der Waals surface area contributed by atoms with Crippen LogP contribution >= 0.6 is 46.3 Å². The molecule has 7 nitrogen and oxygen atoms in total. The number of carbonyl (C=O) groups is 1. The summed E-state index contributed by atoms with van der Waals surface area (Å²) in [5.41, 5.74) is 7.41. The van der Waals surface area contributed by atoms with Gasteiger partial charge in [0.1, 0.15) is 21.7 Å². The molecule has 0 aliphatic rings. The number of anilines is 1. The highest BCUT2D eigenvalue weighted by atomic mass is 35.5. The maximum absolute atomic E-state index is 12.4. The number of ether oxygens (including phenoxy) is 1. The zero-order valence-corrected chi connectivity index (χ0v) is 17.1. The first-order valence-electron chi connectivity index (χ1n) is 7.69. The average Bonchev–Trinajstić information content (AvgIpc) is 3.15. The summed E-state index contributed by atoms with van der Waals surface area (Å²) in [5, 5.41) is 7.46. The second kappa shape index (κ2) is 8.45. The lowest BCUT2D eigenvalue weighted by Gasteiger charge is -2.14. The SMILES string of the molecule is Cn1ncc(Cl)c1-c1cc(NC(=O)c2nsc(Cl)c2Cl)ccc1OCCN. The molecule has 3 rings (SSSR count). The number of halogens is 3. The molecule has 0 saturated heterocycles. The van der Waals surface area contributed by atoms with Gasteiger partial charge in [0, 0.05) is 24.8 Å². The Morgan fingerprint density at radius 3 is 2.74 bits per heavy atom. The molecule has 1 amide bonds. The minimum atomic E-state index is -0.471. The van der Waals surface area contributed by atoms with Gasteiger partial charge in [-0.2, -0.15) is 9.47 Å². The molecular weight excluding hydrogens is 433 g/mol. The Labute approximate surface area is 174 Å². The average molecular weight is 447 g/mol. The Balaban J connectivity index is 1.97. The topological polar surface area (TPSA) is 95.1 Å². The number of hydrogen-bond acceptors (Lipinski definition) is 6. The van der Waals surface area contributed by atoms with Crippen LogP contribution in [0.4, 0.5) is 5.69 Å². The highest BCUT2D eigenvalue weighted by Gasteiger charge is 2.20. The van der Waals surface area contributed by atoms with Gasteiger partial charge in [-0.15, -0.1) is 0 Å². The van der Waals surface area contributed by atoms with Gasteiger partial charge in [0.2, 0.25) is 0 Å². The molecule has 11 heteroatoms. The van der Waals surface area contributed by atoms with Crippen LogP contribution in [0, 0.1) is 0 Å². The molecule has 2 heterocycles. The predicted molar refractivity (Wildman–Crippen MR) is 108 cm³/mol. The highest BCUT2D eigenvalue weighted by Crippen LogP contribution is 2.37. The minimum Gasteiger partial charge on any atom is -0.492 e. The van der Waals surface area contributed by atoms with Crippen molar-refractivity contribution in [1.82, 2.24) is 14.2 Å². The molecule has 3 N–H and O–H groups in total. The van der Waals surface area contributed by atoms with E-state index in [0.717, 1.165) is 11.5 Å². The minimum absolute atomic E-state index is 0.0650. The van der Waals surface area contributed by atoms with Gasteiger partial charge in [-0.05, 0) is 29.7 Å². The van der Waals surface area contributed by atoms with Crippen LogP contribution in [0.2, 0.25) is 14.4 Å². The molecule has 0 spiro atoms. The summed E-state index contributed by atoms with van der Waals surface area (Å²) in [6.07, 6.45) is 1.53. The van der Waals surface area contributed by atoms with E-state index in [9.17, 15) is 4.79 Å². The summed E-state index contributed by atoms with van der Waals surface area (Å²) in [6.45, 7) is 0.696. The first kappa shape index (κ1) is 19.9. The Hall–Kier alpha value is -1.84. The van der Waals surface area contributed by atoms with Crippen molar-refractivity contribution in [2.24, 2.45) is 12.8 Å². The van der Waals surface area contributed by atoms with E-state index in [4.69, 9.17) is 45.3 Å².